The molecule has 0 saturated carbocycles. The SMILES string of the molecule is Cc1nc(N2CCOCC2)sc1C(=O)N1CCC[C@H]1c1nc(C(C)C)no1. The van der Waals surface area contributed by atoms with Crippen molar-refractivity contribution in [1.82, 2.24) is 20.0 Å². The zero-order valence-corrected chi connectivity index (χ0v) is 16.8. The van der Waals surface area contributed by atoms with Gasteiger partial charge in [-0.15, -0.1) is 0 Å². The predicted octanol–water partition coefficient (Wildman–Crippen LogP) is 2.77. The maximum absolute atomic E-state index is 13.3. The molecule has 1 atom stereocenters. The van der Waals surface area contributed by atoms with Gasteiger partial charge in [0.25, 0.3) is 5.91 Å². The van der Waals surface area contributed by atoms with Crippen LogP contribution in [0.25, 0.3) is 0 Å². The van der Waals surface area contributed by atoms with E-state index in [-0.39, 0.29) is 17.9 Å². The Bertz CT molecular complexity index is 812. The Morgan fingerprint density at radius 2 is 2.00 bits per heavy atom. The summed E-state index contributed by atoms with van der Waals surface area (Å²) in [5.74, 6) is 1.44. The predicted molar refractivity (Wildman–Crippen MR) is 101 cm³/mol. The lowest BCUT2D eigenvalue weighted by Crippen LogP contribution is -2.36. The van der Waals surface area contributed by atoms with Crippen LogP contribution < -0.4 is 4.90 Å². The van der Waals surface area contributed by atoms with E-state index in [4.69, 9.17) is 9.26 Å². The molecule has 2 fully saturated rings. The third kappa shape index (κ3) is 3.58. The first-order valence-electron chi connectivity index (χ1n) is 9.49. The van der Waals surface area contributed by atoms with Crippen molar-refractivity contribution in [3.63, 3.8) is 0 Å². The first-order chi connectivity index (χ1) is 13.0. The number of carbonyl (C=O) groups is 1. The number of nitrogens with zero attached hydrogens (tertiary/aromatic N) is 5. The number of hydrogen-bond donors (Lipinski definition) is 0. The number of anilines is 1. The molecule has 2 aromatic heterocycles. The second-order valence-electron chi connectivity index (χ2n) is 7.31. The van der Waals surface area contributed by atoms with Crippen LogP contribution in [0.4, 0.5) is 5.13 Å². The largest absolute Gasteiger partial charge is 0.378 e. The maximum atomic E-state index is 13.3. The number of rotatable bonds is 4. The topological polar surface area (TPSA) is 84.6 Å². The van der Waals surface area contributed by atoms with E-state index < -0.39 is 0 Å². The summed E-state index contributed by atoms with van der Waals surface area (Å²) < 4.78 is 10.9. The standard InChI is InChI=1S/C18H25N5O3S/c1-11(2)15-20-16(26-21-15)13-5-4-6-23(13)17(24)14-12(3)19-18(27-14)22-7-9-25-10-8-22/h11,13H,4-10H2,1-3H3/t13-/m0/s1. The fraction of sp³-hybridized carbons (Fsp3) is 0.667. The van der Waals surface area contributed by atoms with Crippen LogP contribution in [-0.2, 0) is 4.74 Å². The molecule has 2 aliphatic rings. The van der Waals surface area contributed by atoms with Crippen molar-refractivity contribution < 1.29 is 14.1 Å². The molecule has 9 heteroatoms. The summed E-state index contributed by atoms with van der Waals surface area (Å²) in [4.78, 5) is 27.2. The number of carbonyl (C=O) groups excluding carboxylic acids is 1. The van der Waals surface area contributed by atoms with E-state index in [1.807, 2.05) is 25.7 Å². The number of thiazole rings is 1. The molecular weight excluding hydrogens is 366 g/mol. The van der Waals surface area contributed by atoms with Gasteiger partial charge in [0, 0.05) is 25.6 Å². The molecule has 2 saturated heterocycles. The van der Waals surface area contributed by atoms with E-state index >= 15 is 0 Å². The van der Waals surface area contributed by atoms with Crippen LogP contribution in [0.5, 0.6) is 0 Å². The molecule has 0 unspecified atom stereocenters. The van der Waals surface area contributed by atoms with Crippen molar-refractivity contribution in [3.05, 3.63) is 22.3 Å². The molecule has 0 radical (unpaired) electrons. The van der Waals surface area contributed by atoms with Crippen molar-refractivity contribution in [2.24, 2.45) is 0 Å². The number of morpholine rings is 1. The smallest absolute Gasteiger partial charge is 0.266 e. The molecule has 0 N–H and O–H groups in total. The minimum atomic E-state index is -0.147. The van der Waals surface area contributed by atoms with Gasteiger partial charge in [-0.2, -0.15) is 4.98 Å². The van der Waals surface area contributed by atoms with E-state index in [9.17, 15) is 4.79 Å². The minimum absolute atomic E-state index is 0.0105. The van der Waals surface area contributed by atoms with E-state index in [0.29, 0.717) is 36.4 Å². The average Bonchev–Trinajstić information content (AvgIpc) is 3.40. The molecular formula is C18H25N5O3S. The molecule has 2 aromatic rings. The molecule has 4 rings (SSSR count). The monoisotopic (exact) mass is 391 g/mol. The third-order valence-corrected chi connectivity index (χ3v) is 6.24. The zero-order chi connectivity index (χ0) is 19.0. The maximum Gasteiger partial charge on any atom is 0.266 e. The molecule has 27 heavy (non-hydrogen) atoms. The number of amides is 1. The van der Waals surface area contributed by atoms with Crippen LogP contribution in [0, 0.1) is 6.92 Å². The van der Waals surface area contributed by atoms with Gasteiger partial charge in [0.1, 0.15) is 10.9 Å². The van der Waals surface area contributed by atoms with Gasteiger partial charge in [0.05, 0.1) is 18.9 Å². The average molecular weight is 391 g/mol. The van der Waals surface area contributed by atoms with Crippen LogP contribution in [-0.4, -0.2) is 58.8 Å². The molecule has 0 spiro atoms. The molecule has 0 aliphatic carbocycles. The molecule has 146 valence electrons. The van der Waals surface area contributed by atoms with E-state index in [0.717, 1.165) is 36.8 Å². The molecule has 1 amide bonds. The lowest BCUT2D eigenvalue weighted by Gasteiger charge is -2.26. The molecule has 8 nitrogen and oxygen atoms in total. The summed E-state index contributed by atoms with van der Waals surface area (Å²) >= 11 is 1.47. The second kappa shape index (κ2) is 7.55. The van der Waals surface area contributed by atoms with Gasteiger partial charge in [-0.25, -0.2) is 4.98 Å². The van der Waals surface area contributed by atoms with Crippen molar-refractivity contribution in [2.75, 3.05) is 37.7 Å². The van der Waals surface area contributed by atoms with Gasteiger partial charge < -0.3 is 19.1 Å². The highest BCUT2D eigenvalue weighted by Crippen LogP contribution is 2.35. The van der Waals surface area contributed by atoms with Crippen LogP contribution in [0.15, 0.2) is 4.52 Å². The van der Waals surface area contributed by atoms with Crippen LogP contribution in [0.2, 0.25) is 0 Å². The van der Waals surface area contributed by atoms with Gasteiger partial charge in [-0.3, -0.25) is 4.79 Å². The first-order valence-corrected chi connectivity index (χ1v) is 10.3. The summed E-state index contributed by atoms with van der Waals surface area (Å²) in [7, 11) is 0. The van der Waals surface area contributed by atoms with Gasteiger partial charge in [-0.05, 0) is 19.8 Å². The fourth-order valence-corrected chi connectivity index (χ4v) is 4.56. The number of aryl methyl sites for hydroxylation is 1. The van der Waals surface area contributed by atoms with E-state index in [2.05, 4.69) is 20.0 Å². The summed E-state index contributed by atoms with van der Waals surface area (Å²) in [5, 5.41) is 4.96. The lowest BCUT2D eigenvalue weighted by atomic mass is 10.2. The number of likely N-dealkylation sites (tertiary alicyclic amines) is 1. The van der Waals surface area contributed by atoms with E-state index in [1.54, 1.807) is 0 Å². The number of hydrogen-bond acceptors (Lipinski definition) is 8. The van der Waals surface area contributed by atoms with Crippen LogP contribution >= 0.6 is 11.3 Å². The molecule has 0 bridgehead atoms. The Balaban J connectivity index is 1.55. The van der Waals surface area contributed by atoms with E-state index in [1.165, 1.54) is 11.3 Å². The Morgan fingerprint density at radius 3 is 2.70 bits per heavy atom. The van der Waals surface area contributed by atoms with Gasteiger partial charge in [-0.1, -0.05) is 30.3 Å². The Hall–Kier alpha value is -2.00. The zero-order valence-electron chi connectivity index (χ0n) is 16.0. The van der Waals surface area contributed by atoms with Crippen molar-refractivity contribution >= 4 is 22.4 Å². The van der Waals surface area contributed by atoms with Crippen molar-refractivity contribution in [1.29, 1.82) is 0 Å². The molecule has 4 heterocycles. The Morgan fingerprint density at radius 1 is 1.22 bits per heavy atom. The van der Waals surface area contributed by atoms with Gasteiger partial charge >= 0.3 is 0 Å². The normalized spacial score (nSPS) is 20.7. The summed E-state index contributed by atoms with van der Waals surface area (Å²) in [6, 6.07) is -0.147. The Kier molecular flexibility index (Phi) is 5.14. The number of ether oxygens (including phenoxy) is 1. The Labute approximate surface area is 162 Å². The molecule has 2 aliphatic heterocycles. The number of aromatic nitrogens is 3. The summed E-state index contributed by atoms with van der Waals surface area (Å²) in [6.45, 7) is 9.69. The lowest BCUT2D eigenvalue weighted by molar-refractivity contribution is 0.0714. The third-order valence-electron chi connectivity index (χ3n) is 5.03. The summed E-state index contributed by atoms with van der Waals surface area (Å²) in [6.07, 6.45) is 1.78. The summed E-state index contributed by atoms with van der Waals surface area (Å²) in [5.41, 5.74) is 0.783. The highest BCUT2D eigenvalue weighted by Gasteiger charge is 2.36. The highest BCUT2D eigenvalue weighted by molar-refractivity contribution is 7.17. The fourth-order valence-electron chi connectivity index (χ4n) is 3.48. The van der Waals surface area contributed by atoms with Crippen LogP contribution in [0.1, 0.15) is 65.7 Å². The first kappa shape index (κ1) is 18.4. The van der Waals surface area contributed by atoms with Gasteiger partial charge in [0.2, 0.25) is 5.89 Å². The molecule has 0 aromatic carbocycles. The van der Waals surface area contributed by atoms with Crippen LogP contribution in [0.3, 0.4) is 0 Å². The quantitative estimate of drug-likeness (QED) is 0.792. The second-order valence-corrected chi connectivity index (χ2v) is 8.29. The highest BCUT2D eigenvalue weighted by atomic mass is 32.1. The van der Waals surface area contributed by atoms with Crippen molar-refractivity contribution in [3.8, 4) is 0 Å². The van der Waals surface area contributed by atoms with Gasteiger partial charge in [0.15, 0.2) is 11.0 Å². The van der Waals surface area contributed by atoms with Crippen molar-refractivity contribution in [2.45, 2.75) is 45.6 Å². The minimum Gasteiger partial charge on any atom is -0.378 e.